The van der Waals surface area contributed by atoms with Crippen LogP contribution in [0, 0.1) is 0 Å². The zero-order chi connectivity index (χ0) is 37.9. The molecule has 0 aliphatic rings. The molecule has 0 amide bonds. The van der Waals surface area contributed by atoms with Crippen LogP contribution in [0.25, 0.3) is 126 Å². The van der Waals surface area contributed by atoms with Gasteiger partial charge < -0.3 is 8.98 Å². The minimum Gasteiger partial charge on any atom is -0.456 e. The predicted molar refractivity (Wildman–Crippen MR) is 246 cm³/mol. The lowest BCUT2D eigenvalue weighted by Gasteiger charge is -2.14. The monoisotopic (exact) mass is 735 g/mol. The van der Waals surface area contributed by atoms with Gasteiger partial charge in [-0.25, -0.2) is 0 Å². The molecule has 0 saturated heterocycles. The molecule has 2 aromatic heterocycles. The van der Waals surface area contributed by atoms with Gasteiger partial charge in [-0.1, -0.05) is 133 Å². The van der Waals surface area contributed by atoms with Crippen molar-refractivity contribution in [2.45, 2.75) is 0 Å². The van der Waals surface area contributed by atoms with Crippen LogP contribution in [0.2, 0.25) is 0 Å². The van der Waals surface area contributed by atoms with E-state index >= 15 is 0 Å². The van der Waals surface area contributed by atoms with Crippen molar-refractivity contribution in [3.8, 4) is 27.9 Å². The Morgan fingerprint density at radius 2 is 0.793 bits per heavy atom. The first-order valence-electron chi connectivity index (χ1n) is 20.0. The minimum absolute atomic E-state index is 0.900. The van der Waals surface area contributed by atoms with Gasteiger partial charge in [0.15, 0.2) is 0 Å². The summed E-state index contributed by atoms with van der Waals surface area (Å²) in [7, 11) is 0. The fourth-order valence-electron chi connectivity index (χ4n) is 9.77. The quantitative estimate of drug-likeness (QED) is 0.165. The van der Waals surface area contributed by atoms with Gasteiger partial charge in [-0.2, -0.15) is 0 Å². The van der Waals surface area contributed by atoms with Crippen LogP contribution in [0.1, 0.15) is 0 Å². The molecule has 0 N–H and O–H groups in total. The Morgan fingerprint density at radius 1 is 0.276 bits per heavy atom. The highest BCUT2D eigenvalue weighted by molar-refractivity contribution is 6.31. The van der Waals surface area contributed by atoms with E-state index in [-0.39, 0.29) is 0 Å². The maximum atomic E-state index is 6.40. The molecule has 0 aliphatic heterocycles. The smallest absolute Gasteiger partial charge is 0.135 e. The second kappa shape index (κ2) is 11.9. The number of hydrogen-bond acceptors (Lipinski definition) is 1. The molecule has 2 nitrogen and oxygen atoms in total. The van der Waals surface area contributed by atoms with Crippen molar-refractivity contribution in [1.29, 1.82) is 0 Å². The zero-order valence-corrected chi connectivity index (χ0v) is 31.4. The molecule has 0 aliphatic carbocycles. The van der Waals surface area contributed by atoms with Crippen LogP contribution < -0.4 is 0 Å². The summed E-state index contributed by atoms with van der Waals surface area (Å²) in [5.74, 6) is 0. The van der Waals surface area contributed by atoms with E-state index in [4.69, 9.17) is 4.42 Å². The summed E-state index contributed by atoms with van der Waals surface area (Å²) < 4.78 is 8.85. The molecule has 2 heteroatoms. The number of benzene rings is 11. The molecule has 0 saturated carbocycles. The van der Waals surface area contributed by atoms with E-state index in [1.54, 1.807) is 0 Å². The molecule has 13 aromatic rings. The normalized spacial score (nSPS) is 12.1. The van der Waals surface area contributed by atoms with E-state index in [9.17, 15) is 0 Å². The number of rotatable bonds is 3. The van der Waals surface area contributed by atoms with Crippen molar-refractivity contribution in [3.05, 3.63) is 200 Å². The third-order valence-corrected chi connectivity index (χ3v) is 12.5. The Balaban J connectivity index is 1.03. The SMILES string of the molecule is c1ccc(-n2c3cc4c5ccc(-c6ccc7oc8ccc(-c9ccc%10ccccc%10c9)cc8c7c6)cc5c5ccccc5c4cc3c3c4ccccc4ccc32)cc1. The minimum atomic E-state index is 0.900. The first-order chi connectivity index (χ1) is 28.7. The lowest BCUT2D eigenvalue weighted by molar-refractivity contribution is 0.669. The first-order valence-corrected chi connectivity index (χ1v) is 20.0. The van der Waals surface area contributed by atoms with Crippen molar-refractivity contribution in [3.63, 3.8) is 0 Å². The molecule has 0 fully saturated rings. The molecule has 268 valence electrons. The first kappa shape index (κ1) is 31.5. The van der Waals surface area contributed by atoms with Crippen molar-refractivity contribution >= 4 is 97.6 Å². The Bertz CT molecular complexity index is 3850. The van der Waals surface area contributed by atoms with Crippen LogP contribution in [0.5, 0.6) is 0 Å². The summed E-state index contributed by atoms with van der Waals surface area (Å²) in [5, 5.41) is 17.4. The average molecular weight is 736 g/mol. The number of para-hydroxylation sites is 1. The molecule has 0 bridgehead atoms. The van der Waals surface area contributed by atoms with Gasteiger partial charge in [0.25, 0.3) is 0 Å². The van der Waals surface area contributed by atoms with E-state index in [0.29, 0.717) is 0 Å². The molecular formula is C56H33NO. The molecule has 0 unspecified atom stereocenters. The van der Waals surface area contributed by atoms with E-state index in [2.05, 4.69) is 205 Å². The predicted octanol–water partition coefficient (Wildman–Crippen LogP) is 15.8. The van der Waals surface area contributed by atoms with Crippen molar-refractivity contribution in [2.75, 3.05) is 0 Å². The maximum absolute atomic E-state index is 6.40. The topological polar surface area (TPSA) is 18.1 Å². The molecule has 11 aromatic carbocycles. The van der Waals surface area contributed by atoms with Gasteiger partial charge >= 0.3 is 0 Å². The summed E-state index contributed by atoms with van der Waals surface area (Å²) in [6.07, 6.45) is 0. The summed E-state index contributed by atoms with van der Waals surface area (Å²) >= 11 is 0. The van der Waals surface area contributed by atoms with Crippen LogP contribution >= 0.6 is 0 Å². The van der Waals surface area contributed by atoms with Crippen LogP contribution in [0.3, 0.4) is 0 Å². The van der Waals surface area contributed by atoms with Gasteiger partial charge in [0, 0.05) is 27.2 Å². The van der Waals surface area contributed by atoms with Crippen molar-refractivity contribution < 1.29 is 4.42 Å². The number of nitrogens with zero attached hydrogens (tertiary/aromatic N) is 1. The number of furan rings is 1. The third-order valence-electron chi connectivity index (χ3n) is 12.5. The average Bonchev–Trinajstić information content (AvgIpc) is 3.83. The molecule has 0 radical (unpaired) electrons. The second-order valence-electron chi connectivity index (χ2n) is 15.7. The summed E-state index contributed by atoms with van der Waals surface area (Å²) in [4.78, 5) is 0. The summed E-state index contributed by atoms with van der Waals surface area (Å²) in [6, 6.07) is 73.4. The standard InChI is InChI=1S/C56H33NO/c1-2-13-41(14-3-1)57-52-25-21-35-11-6-7-15-42(35)56(52)51-32-47-44-17-9-8-16-43(44)46-29-38(20-24-45(46)48(47)33-53(51)57)40-23-27-55-50(31-40)49-30-39(22-26-54(49)58-55)37-19-18-34-10-4-5-12-36(34)28-37/h1-33H. The van der Waals surface area contributed by atoms with E-state index in [1.165, 1.54) is 97.9 Å². The highest BCUT2D eigenvalue weighted by Crippen LogP contribution is 2.44. The lowest BCUT2D eigenvalue weighted by Crippen LogP contribution is -1.93. The summed E-state index contributed by atoms with van der Waals surface area (Å²) in [6.45, 7) is 0. The molecule has 0 spiro atoms. The Kier molecular flexibility index (Phi) is 6.47. The van der Waals surface area contributed by atoms with Gasteiger partial charge in [-0.05, 0) is 143 Å². The second-order valence-corrected chi connectivity index (χ2v) is 15.7. The highest BCUT2D eigenvalue weighted by Gasteiger charge is 2.19. The zero-order valence-electron chi connectivity index (χ0n) is 31.4. The van der Waals surface area contributed by atoms with E-state index < -0.39 is 0 Å². The number of aromatic nitrogens is 1. The number of hydrogen-bond donors (Lipinski definition) is 0. The molecule has 2 heterocycles. The van der Waals surface area contributed by atoms with Crippen LogP contribution in [-0.2, 0) is 0 Å². The fourth-order valence-corrected chi connectivity index (χ4v) is 9.77. The Labute approximate surface area is 333 Å². The third kappa shape index (κ3) is 4.54. The number of fused-ring (bicyclic) bond motifs is 15. The molecule has 58 heavy (non-hydrogen) atoms. The van der Waals surface area contributed by atoms with Crippen LogP contribution in [0.4, 0.5) is 0 Å². The molecule has 13 rings (SSSR count). The summed E-state index contributed by atoms with van der Waals surface area (Å²) in [5.41, 5.74) is 10.1. The van der Waals surface area contributed by atoms with Crippen molar-refractivity contribution in [1.82, 2.24) is 4.57 Å². The van der Waals surface area contributed by atoms with Gasteiger partial charge in [0.2, 0.25) is 0 Å². The highest BCUT2D eigenvalue weighted by atomic mass is 16.3. The van der Waals surface area contributed by atoms with Crippen molar-refractivity contribution in [2.24, 2.45) is 0 Å². The Morgan fingerprint density at radius 3 is 1.53 bits per heavy atom. The van der Waals surface area contributed by atoms with E-state index in [0.717, 1.165) is 27.6 Å². The lowest BCUT2D eigenvalue weighted by atomic mass is 9.90. The van der Waals surface area contributed by atoms with Gasteiger partial charge in [0.05, 0.1) is 11.0 Å². The van der Waals surface area contributed by atoms with Gasteiger partial charge in [0.1, 0.15) is 11.2 Å². The van der Waals surface area contributed by atoms with Crippen LogP contribution in [-0.4, -0.2) is 4.57 Å². The fraction of sp³-hybridized carbons (Fsp3) is 0. The van der Waals surface area contributed by atoms with E-state index in [1.807, 2.05) is 0 Å². The molecular weight excluding hydrogens is 703 g/mol. The van der Waals surface area contributed by atoms with Crippen LogP contribution in [0.15, 0.2) is 205 Å². The maximum Gasteiger partial charge on any atom is 0.135 e. The van der Waals surface area contributed by atoms with Gasteiger partial charge in [-0.3, -0.25) is 0 Å². The largest absolute Gasteiger partial charge is 0.456 e. The molecule has 0 atom stereocenters. The Hall–Kier alpha value is -7.68. The van der Waals surface area contributed by atoms with Gasteiger partial charge in [-0.15, -0.1) is 0 Å².